The van der Waals surface area contributed by atoms with E-state index in [1.54, 1.807) is 0 Å². The first-order valence-corrected chi connectivity index (χ1v) is 7.58. The lowest BCUT2D eigenvalue weighted by Crippen LogP contribution is -2.22. The maximum atomic E-state index is 4.67. The molecule has 0 atom stereocenters. The van der Waals surface area contributed by atoms with Gasteiger partial charge in [0.25, 0.3) is 0 Å². The van der Waals surface area contributed by atoms with Crippen molar-refractivity contribution in [1.82, 2.24) is 15.0 Å². The molecule has 5 heteroatoms. The third kappa shape index (κ3) is 3.12. The van der Waals surface area contributed by atoms with Gasteiger partial charge in [-0.05, 0) is 32.8 Å². The molecule has 2 aromatic rings. The fourth-order valence-corrected chi connectivity index (χ4v) is 2.57. The summed E-state index contributed by atoms with van der Waals surface area (Å²) in [7, 11) is 0. The van der Waals surface area contributed by atoms with E-state index in [9.17, 15) is 0 Å². The quantitative estimate of drug-likeness (QED) is 0.935. The largest absolute Gasteiger partial charge is 0.354 e. The molecule has 1 aromatic heterocycles. The molecule has 0 amide bonds. The highest BCUT2D eigenvalue weighted by Gasteiger charge is 2.17. The van der Waals surface area contributed by atoms with Gasteiger partial charge in [-0.3, -0.25) is 0 Å². The summed E-state index contributed by atoms with van der Waals surface area (Å²) >= 11 is 0. The summed E-state index contributed by atoms with van der Waals surface area (Å²) in [5.41, 5.74) is 2.25. The van der Waals surface area contributed by atoms with E-state index in [0.29, 0.717) is 5.95 Å². The zero-order valence-corrected chi connectivity index (χ0v) is 12.6. The predicted molar refractivity (Wildman–Crippen MR) is 85.6 cm³/mol. The van der Waals surface area contributed by atoms with Gasteiger partial charge in [0, 0.05) is 25.2 Å². The standard InChI is InChI=1S/C16H21N5/c1-3-17-15-18-14(13-8-6-7-12(2)11-13)19-16(20-15)21-9-4-5-10-21/h6-8,11H,3-5,9-10H2,1-2H3,(H,17,18,19,20). The van der Waals surface area contributed by atoms with Crippen LogP contribution in [0, 0.1) is 6.92 Å². The number of nitrogens with one attached hydrogen (secondary N) is 1. The van der Waals surface area contributed by atoms with Gasteiger partial charge in [0.1, 0.15) is 0 Å². The molecule has 0 radical (unpaired) electrons. The van der Waals surface area contributed by atoms with Crippen LogP contribution in [-0.4, -0.2) is 34.6 Å². The van der Waals surface area contributed by atoms with Crippen LogP contribution >= 0.6 is 0 Å². The Kier molecular flexibility index (Phi) is 3.99. The molecule has 21 heavy (non-hydrogen) atoms. The normalized spacial score (nSPS) is 14.5. The van der Waals surface area contributed by atoms with Gasteiger partial charge in [-0.2, -0.15) is 15.0 Å². The average Bonchev–Trinajstić information content (AvgIpc) is 3.01. The number of hydrogen-bond acceptors (Lipinski definition) is 5. The van der Waals surface area contributed by atoms with E-state index in [4.69, 9.17) is 0 Å². The van der Waals surface area contributed by atoms with Crippen LogP contribution in [0.2, 0.25) is 0 Å². The predicted octanol–water partition coefficient (Wildman–Crippen LogP) is 2.88. The van der Waals surface area contributed by atoms with Crippen molar-refractivity contribution in [2.45, 2.75) is 26.7 Å². The smallest absolute Gasteiger partial charge is 0.230 e. The second kappa shape index (κ2) is 6.08. The first-order valence-electron chi connectivity index (χ1n) is 7.58. The molecule has 1 saturated heterocycles. The Morgan fingerprint density at radius 1 is 1.14 bits per heavy atom. The molecule has 1 aromatic carbocycles. The van der Waals surface area contributed by atoms with E-state index in [1.165, 1.54) is 18.4 Å². The van der Waals surface area contributed by atoms with E-state index in [-0.39, 0.29) is 0 Å². The number of benzene rings is 1. The summed E-state index contributed by atoms with van der Waals surface area (Å²) < 4.78 is 0. The summed E-state index contributed by atoms with van der Waals surface area (Å²) in [5, 5.41) is 3.21. The van der Waals surface area contributed by atoms with Crippen molar-refractivity contribution in [2.75, 3.05) is 29.9 Å². The third-order valence-electron chi connectivity index (χ3n) is 3.62. The Balaban J connectivity index is 2.02. The van der Waals surface area contributed by atoms with Crippen LogP contribution < -0.4 is 10.2 Å². The topological polar surface area (TPSA) is 53.9 Å². The fourth-order valence-electron chi connectivity index (χ4n) is 2.57. The number of hydrogen-bond donors (Lipinski definition) is 1. The summed E-state index contributed by atoms with van der Waals surface area (Å²) in [4.78, 5) is 16.0. The molecular weight excluding hydrogens is 262 g/mol. The summed E-state index contributed by atoms with van der Waals surface area (Å²) in [6, 6.07) is 8.28. The van der Waals surface area contributed by atoms with Crippen molar-refractivity contribution in [1.29, 1.82) is 0 Å². The van der Waals surface area contributed by atoms with E-state index in [1.807, 2.05) is 19.1 Å². The average molecular weight is 283 g/mol. The molecule has 110 valence electrons. The summed E-state index contributed by atoms with van der Waals surface area (Å²) in [5.74, 6) is 2.19. The highest BCUT2D eigenvalue weighted by atomic mass is 15.3. The molecule has 1 N–H and O–H groups in total. The molecule has 2 heterocycles. The third-order valence-corrected chi connectivity index (χ3v) is 3.62. The van der Waals surface area contributed by atoms with Crippen molar-refractivity contribution in [2.24, 2.45) is 0 Å². The number of rotatable bonds is 4. The Labute approximate surface area is 125 Å². The van der Waals surface area contributed by atoms with Gasteiger partial charge in [0.15, 0.2) is 5.82 Å². The molecule has 3 rings (SSSR count). The Hall–Kier alpha value is -2.17. The molecule has 0 spiro atoms. The van der Waals surface area contributed by atoms with Gasteiger partial charge in [0.2, 0.25) is 11.9 Å². The SMILES string of the molecule is CCNc1nc(-c2cccc(C)c2)nc(N2CCCC2)n1. The Morgan fingerprint density at radius 3 is 2.67 bits per heavy atom. The van der Waals surface area contributed by atoms with Crippen molar-refractivity contribution in [3.05, 3.63) is 29.8 Å². The Bertz CT molecular complexity index is 620. The lowest BCUT2D eigenvalue weighted by molar-refractivity contribution is 0.881. The zero-order chi connectivity index (χ0) is 14.7. The van der Waals surface area contributed by atoms with E-state index in [2.05, 4.69) is 44.2 Å². The fraction of sp³-hybridized carbons (Fsp3) is 0.438. The number of aromatic nitrogens is 3. The van der Waals surface area contributed by atoms with Crippen molar-refractivity contribution in [3.63, 3.8) is 0 Å². The van der Waals surface area contributed by atoms with Crippen LogP contribution in [0.15, 0.2) is 24.3 Å². The molecule has 0 unspecified atom stereocenters. The minimum absolute atomic E-state index is 0.658. The summed E-state index contributed by atoms with van der Waals surface area (Å²) in [6.07, 6.45) is 2.42. The van der Waals surface area contributed by atoms with Gasteiger partial charge in [-0.15, -0.1) is 0 Å². The van der Waals surface area contributed by atoms with E-state index < -0.39 is 0 Å². The van der Waals surface area contributed by atoms with Gasteiger partial charge >= 0.3 is 0 Å². The molecule has 5 nitrogen and oxygen atoms in total. The van der Waals surface area contributed by atoms with Crippen molar-refractivity contribution >= 4 is 11.9 Å². The molecule has 0 aliphatic carbocycles. The number of nitrogens with zero attached hydrogens (tertiary/aromatic N) is 4. The van der Waals surface area contributed by atoms with E-state index in [0.717, 1.165) is 37.0 Å². The minimum atomic E-state index is 0.658. The second-order valence-electron chi connectivity index (χ2n) is 5.38. The van der Waals surface area contributed by atoms with Gasteiger partial charge in [0.05, 0.1) is 0 Å². The van der Waals surface area contributed by atoms with Crippen LogP contribution in [0.5, 0.6) is 0 Å². The van der Waals surface area contributed by atoms with Crippen LogP contribution in [0.25, 0.3) is 11.4 Å². The van der Waals surface area contributed by atoms with Crippen LogP contribution in [0.3, 0.4) is 0 Å². The molecular formula is C16H21N5. The van der Waals surface area contributed by atoms with Gasteiger partial charge in [-0.1, -0.05) is 23.8 Å². The maximum absolute atomic E-state index is 4.67. The lowest BCUT2D eigenvalue weighted by Gasteiger charge is -2.16. The van der Waals surface area contributed by atoms with Crippen molar-refractivity contribution < 1.29 is 0 Å². The van der Waals surface area contributed by atoms with Gasteiger partial charge < -0.3 is 10.2 Å². The monoisotopic (exact) mass is 283 g/mol. The second-order valence-corrected chi connectivity index (χ2v) is 5.38. The lowest BCUT2D eigenvalue weighted by atomic mass is 10.1. The molecule has 0 bridgehead atoms. The minimum Gasteiger partial charge on any atom is -0.354 e. The molecule has 1 fully saturated rings. The van der Waals surface area contributed by atoms with Gasteiger partial charge in [-0.25, -0.2) is 0 Å². The molecule has 0 saturated carbocycles. The zero-order valence-electron chi connectivity index (χ0n) is 12.6. The van der Waals surface area contributed by atoms with Crippen LogP contribution in [0.1, 0.15) is 25.3 Å². The summed E-state index contributed by atoms with van der Waals surface area (Å²) in [6.45, 7) is 6.99. The molecule has 1 aliphatic rings. The number of aryl methyl sites for hydroxylation is 1. The molecule has 1 aliphatic heterocycles. The first kappa shape index (κ1) is 13.8. The highest BCUT2D eigenvalue weighted by molar-refractivity contribution is 5.59. The Morgan fingerprint density at radius 2 is 1.95 bits per heavy atom. The number of anilines is 2. The van der Waals surface area contributed by atoms with Crippen molar-refractivity contribution in [3.8, 4) is 11.4 Å². The highest BCUT2D eigenvalue weighted by Crippen LogP contribution is 2.22. The van der Waals surface area contributed by atoms with Crippen LogP contribution in [-0.2, 0) is 0 Å². The van der Waals surface area contributed by atoms with E-state index >= 15 is 0 Å². The maximum Gasteiger partial charge on any atom is 0.230 e. The van der Waals surface area contributed by atoms with Crippen LogP contribution in [0.4, 0.5) is 11.9 Å². The first-order chi connectivity index (χ1) is 10.3.